The minimum absolute atomic E-state index is 0.317. The number of hydrogen-bond acceptors (Lipinski definition) is 1. The average molecular weight is 383 g/mol. The highest BCUT2D eigenvalue weighted by atomic mass is 79.9. The zero-order valence-electron chi connectivity index (χ0n) is 9.68. The standard InChI is InChI=1S/C13H15Br2ClO/c1-17-13-10(6-9(16)7-12(13)15)11(14)5-8-3-2-4-8/h6-8,11H,2-5H2,1H3. The molecule has 0 N–H and O–H groups in total. The van der Waals surface area contributed by atoms with Crippen LogP contribution in [0.15, 0.2) is 16.6 Å². The molecule has 2 rings (SSSR count). The third-order valence-corrected chi connectivity index (χ3v) is 5.02. The van der Waals surface area contributed by atoms with Crippen molar-refractivity contribution in [2.75, 3.05) is 7.11 Å². The lowest BCUT2D eigenvalue weighted by molar-refractivity contribution is 0.294. The van der Waals surface area contributed by atoms with Crippen molar-refractivity contribution in [2.45, 2.75) is 30.5 Å². The molecule has 1 aliphatic carbocycles. The smallest absolute Gasteiger partial charge is 0.137 e. The van der Waals surface area contributed by atoms with Crippen molar-refractivity contribution in [3.63, 3.8) is 0 Å². The highest BCUT2D eigenvalue weighted by Crippen LogP contribution is 2.44. The molecule has 0 aromatic heterocycles. The van der Waals surface area contributed by atoms with Crippen LogP contribution in [0.25, 0.3) is 0 Å². The van der Waals surface area contributed by atoms with Gasteiger partial charge in [0.15, 0.2) is 0 Å². The summed E-state index contributed by atoms with van der Waals surface area (Å²) in [6.45, 7) is 0. The van der Waals surface area contributed by atoms with Gasteiger partial charge in [-0.15, -0.1) is 0 Å². The van der Waals surface area contributed by atoms with Crippen molar-refractivity contribution in [3.05, 3.63) is 27.2 Å². The maximum absolute atomic E-state index is 6.10. The molecule has 1 unspecified atom stereocenters. The minimum Gasteiger partial charge on any atom is -0.495 e. The van der Waals surface area contributed by atoms with E-state index in [2.05, 4.69) is 31.9 Å². The lowest BCUT2D eigenvalue weighted by atomic mass is 9.81. The SMILES string of the molecule is COc1c(Br)cc(Cl)cc1C(Br)CC1CCC1. The molecular formula is C13H15Br2ClO. The summed E-state index contributed by atoms with van der Waals surface area (Å²) in [6, 6.07) is 3.86. The summed E-state index contributed by atoms with van der Waals surface area (Å²) in [7, 11) is 1.70. The highest BCUT2D eigenvalue weighted by Gasteiger charge is 2.24. The number of ether oxygens (including phenoxy) is 1. The Morgan fingerprint density at radius 3 is 2.71 bits per heavy atom. The molecule has 1 fully saturated rings. The van der Waals surface area contributed by atoms with Gasteiger partial charge in [0.2, 0.25) is 0 Å². The van der Waals surface area contributed by atoms with Gasteiger partial charge in [-0.3, -0.25) is 0 Å². The van der Waals surface area contributed by atoms with E-state index >= 15 is 0 Å². The Kier molecular flexibility index (Phi) is 4.79. The van der Waals surface area contributed by atoms with Crippen LogP contribution in [0.2, 0.25) is 5.02 Å². The van der Waals surface area contributed by atoms with Crippen LogP contribution in [0.1, 0.15) is 36.1 Å². The Morgan fingerprint density at radius 2 is 2.18 bits per heavy atom. The van der Waals surface area contributed by atoms with E-state index in [0.717, 1.165) is 33.1 Å². The number of rotatable bonds is 4. The van der Waals surface area contributed by atoms with Gasteiger partial charge in [-0.2, -0.15) is 0 Å². The second-order valence-electron chi connectivity index (χ2n) is 4.51. The molecule has 0 radical (unpaired) electrons. The summed E-state index contributed by atoms with van der Waals surface area (Å²) in [6.07, 6.45) is 5.24. The molecule has 0 heterocycles. The van der Waals surface area contributed by atoms with Gasteiger partial charge in [-0.05, 0) is 40.4 Å². The number of halogens is 3. The summed E-state index contributed by atoms with van der Waals surface area (Å²) < 4.78 is 6.37. The van der Waals surface area contributed by atoms with Crippen molar-refractivity contribution < 1.29 is 4.74 Å². The quantitative estimate of drug-likeness (QED) is 0.604. The Labute approximate surface area is 124 Å². The first kappa shape index (κ1) is 13.7. The lowest BCUT2D eigenvalue weighted by Gasteiger charge is -2.28. The number of methoxy groups -OCH3 is 1. The molecular weight excluding hydrogens is 367 g/mol. The zero-order chi connectivity index (χ0) is 12.4. The highest BCUT2D eigenvalue weighted by molar-refractivity contribution is 9.10. The topological polar surface area (TPSA) is 9.23 Å². The third kappa shape index (κ3) is 3.18. The third-order valence-electron chi connectivity index (χ3n) is 3.34. The zero-order valence-corrected chi connectivity index (χ0v) is 13.6. The van der Waals surface area contributed by atoms with Crippen molar-refractivity contribution in [1.29, 1.82) is 0 Å². The van der Waals surface area contributed by atoms with Gasteiger partial charge in [0.1, 0.15) is 5.75 Å². The molecule has 0 aliphatic heterocycles. The van der Waals surface area contributed by atoms with E-state index in [0.29, 0.717) is 4.83 Å². The Hall–Kier alpha value is 0.270. The Balaban J connectivity index is 2.22. The molecule has 0 amide bonds. The summed E-state index contributed by atoms with van der Waals surface area (Å²) in [5.74, 6) is 1.73. The molecule has 17 heavy (non-hydrogen) atoms. The summed E-state index contributed by atoms with van der Waals surface area (Å²) in [4.78, 5) is 0.317. The van der Waals surface area contributed by atoms with E-state index in [9.17, 15) is 0 Å². The molecule has 0 saturated heterocycles. The van der Waals surface area contributed by atoms with Crippen molar-refractivity contribution >= 4 is 43.5 Å². The lowest BCUT2D eigenvalue weighted by Crippen LogP contribution is -2.13. The van der Waals surface area contributed by atoms with Gasteiger partial charge in [-0.25, -0.2) is 0 Å². The number of hydrogen-bond donors (Lipinski definition) is 0. The second-order valence-corrected chi connectivity index (χ2v) is 6.91. The molecule has 1 nitrogen and oxygen atoms in total. The van der Waals surface area contributed by atoms with Crippen molar-refractivity contribution in [2.24, 2.45) is 5.92 Å². The van der Waals surface area contributed by atoms with E-state index in [1.165, 1.54) is 19.3 Å². The van der Waals surface area contributed by atoms with Gasteiger partial charge in [0, 0.05) is 15.4 Å². The fourth-order valence-electron chi connectivity index (χ4n) is 2.18. The van der Waals surface area contributed by atoms with Gasteiger partial charge in [0.25, 0.3) is 0 Å². The van der Waals surface area contributed by atoms with E-state index in [1.807, 2.05) is 12.1 Å². The van der Waals surface area contributed by atoms with E-state index < -0.39 is 0 Å². The largest absolute Gasteiger partial charge is 0.495 e. The maximum atomic E-state index is 6.10. The van der Waals surface area contributed by atoms with Crippen molar-refractivity contribution in [3.8, 4) is 5.75 Å². The molecule has 0 bridgehead atoms. The molecule has 0 spiro atoms. The fraction of sp³-hybridized carbons (Fsp3) is 0.538. The fourth-order valence-corrected chi connectivity index (χ4v) is 4.04. The van der Waals surface area contributed by atoms with E-state index in [-0.39, 0.29) is 0 Å². The Bertz CT molecular complexity index is 405. The second kappa shape index (κ2) is 5.94. The molecule has 4 heteroatoms. The summed E-state index contributed by atoms with van der Waals surface area (Å²) >= 11 is 13.4. The predicted molar refractivity (Wildman–Crippen MR) is 79.3 cm³/mol. The summed E-state index contributed by atoms with van der Waals surface area (Å²) in [5, 5.41) is 0.741. The molecule has 94 valence electrons. The van der Waals surface area contributed by atoms with Crippen LogP contribution < -0.4 is 4.74 Å². The van der Waals surface area contributed by atoms with E-state index in [1.54, 1.807) is 7.11 Å². The first-order valence-corrected chi connectivity index (χ1v) is 7.87. The van der Waals surface area contributed by atoms with Crippen LogP contribution in [0.3, 0.4) is 0 Å². The van der Waals surface area contributed by atoms with Crippen LogP contribution in [0.4, 0.5) is 0 Å². The Morgan fingerprint density at radius 1 is 1.47 bits per heavy atom. The molecule has 1 aromatic carbocycles. The normalized spacial score (nSPS) is 17.6. The average Bonchev–Trinajstić information content (AvgIpc) is 2.22. The van der Waals surface area contributed by atoms with Crippen LogP contribution in [-0.2, 0) is 0 Å². The monoisotopic (exact) mass is 380 g/mol. The molecule has 1 saturated carbocycles. The molecule has 1 atom stereocenters. The molecule has 1 aliphatic rings. The van der Waals surface area contributed by atoms with Crippen LogP contribution >= 0.6 is 43.5 Å². The minimum atomic E-state index is 0.317. The summed E-state index contributed by atoms with van der Waals surface area (Å²) in [5.41, 5.74) is 1.14. The van der Waals surface area contributed by atoms with Gasteiger partial charge < -0.3 is 4.74 Å². The van der Waals surface area contributed by atoms with Gasteiger partial charge in [0.05, 0.1) is 11.6 Å². The van der Waals surface area contributed by atoms with Gasteiger partial charge in [-0.1, -0.05) is 46.8 Å². The van der Waals surface area contributed by atoms with E-state index in [4.69, 9.17) is 16.3 Å². The molecule has 1 aromatic rings. The van der Waals surface area contributed by atoms with Crippen molar-refractivity contribution in [1.82, 2.24) is 0 Å². The first-order chi connectivity index (χ1) is 8.11. The number of alkyl halides is 1. The maximum Gasteiger partial charge on any atom is 0.137 e. The predicted octanol–water partition coefficient (Wildman–Crippen LogP) is 5.74. The van der Waals surface area contributed by atoms with Crippen LogP contribution in [0.5, 0.6) is 5.75 Å². The number of benzene rings is 1. The first-order valence-electron chi connectivity index (χ1n) is 5.78. The van der Waals surface area contributed by atoms with Crippen LogP contribution in [-0.4, -0.2) is 7.11 Å². The van der Waals surface area contributed by atoms with Gasteiger partial charge >= 0.3 is 0 Å². The van der Waals surface area contributed by atoms with Crippen LogP contribution in [0, 0.1) is 5.92 Å².